The molecule has 2 heterocycles. The molecule has 1 aromatic carbocycles. The zero-order chi connectivity index (χ0) is 20.1. The number of aliphatic imine (C=N–C) groups is 1. The summed E-state index contributed by atoms with van der Waals surface area (Å²) in [7, 11) is 0. The van der Waals surface area contributed by atoms with Crippen LogP contribution in [0.15, 0.2) is 34.3 Å². The van der Waals surface area contributed by atoms with Crippen molar-refractivity contribution in [1.29, 1.82) is 0 Å². The SMILES string of the molecule is CC1=Cc2c(F)c(Oc3nc(Cl)cc(NC4=NCC(C5CC5)=C4)n3)cc(F)c2C1. The maximum Gasteiger partial charge on any atom is 0.325 e. The van der Waals surface area contributed by atoms with Gasteiger partial charge in [-0.05, 0) is 43.8 Å². The van der Waals surface area contributed by atoms with E-state index in [4.69, 9.17) is 16.3 Å². The second-order valence-electron chi connectivity index (χ2n) is 7.51. The summed E-state index contributed by atoms with van der Waals surface area (Å²) < 4.78 is 34.6. The molecule has 1 saturated carbocycles. The summed E-state index contributed by atoms with van der Waals surface area (Å²) in [5, 5.41) is 3.19. The highest BCUT2D eigenvalue weighted by molar-refractivity contribution is 6.29. The van der Waals surface area contributed by atoms with Gasteiger partial charge in [0.15, 0.2) is 11.6 Å². The molecule has 0 amide bonds. The van der Waals surface area contributed by atoms with Gasteiger partial charge in [0.1, 0.15) is 22.6 Å². The maximum absolute atomic E-state index is 14.8. The molecule has 148 valence electrons. The monoisotopic (exact) mass is 414 g/mol. The van der Waals surface area contributed by atoms with Crippen LogP contribution in [-0.4, -0.2) is 22.3 Å². The molecule has 1 fully saturated rings. The third-order valence-corrected chi connectivity index (χ3v) is 5.35. The van der Waals surface area contributed by atoms with Crippen molar-refractivity contribution in [3.63, 3.8) is 0 Å². The Bertz CT molecular complexity index is 1120. The van der Waals surface area contributed by atoms with E-state index in [2.05, 4.69) is 20.3 Å². The number of fused-ring (bicyclic) bond motifs is 1. The van der Waals surface area contributed by atoms with Crippen LogP contribution in [0.4, 0.5) is 14.6 Å². The second-order valence-corrected chi connectivity index (χ2v) is 7.90. The zero-order valence-corrected chi connectivity index (χ0v) is 16.4. The number of hydrogen-bond donors (Lipinski definition) is 1. The van der Waals surface area contributed by atoms with Gasteiger partial charge < -0.3 is 10.1 Å². The standard InChI is InChI=1S/C21H17ClF2N4O/c1-10-4-13-14(5-10)20(24)16(7-15(13)23)29-21-26-17(22)8-19(28-21)27-18-6-12(9-25-18)11-2-3-11/h5-8,11H,2-4,9H2,1H3,(H,25,26,27,28). The lowest BCUT2D eigenvalue weighted by atomic mass is 10.1. The van der Waals surface area contributed by atoms with E-state index >= 15 is 0 Å². The lowest BCUT2D eigenvalue weighted by Crippen LogP contribution is -2.09. The Kier molecular flexibility index (Phi) is 4.35. The molecule has 0 unspecified atom stereocenters. The molecule has 0 bridgehead atoms. The van der Waals surface area contributed by atoms with Crippen LogP contribution in [0.2, 0.25) is 5.15 Å². The van der Waals surface area contributed by atoms with Gasteiger partial charge in [-0.25, -0.2) is 8.78 Å². The number of ether oxygens (including phenoxy) is 1. The first-order valence-electron chi connectivity index (χ1n) is 9.38. The molecule has 3 aliphatic rings. The Labute approximate surface area is 171 Å². The highest BCUT2D eigenvalue weighted by Gasteiger charge is 2.28. The summed E-state index contributed by atoms with van der Waals surface area (Å²) in [5.41, 5.74) is 2.73. The predicted molar refractivity (Wildman–Crippen MR) is 108 cm³/mol. The van der Waals surface area contributed by atoms with Crippen molar-refractivity contribution >= 4 is 29.3 Å². The van der Waals surface area contributed by atoms with E-state index < -0.39 is 11.6 Å². The molecule has 1 N–H and O–H groups in total. The predicted octanol–water partition coefficient (Wildman–Crippen LogP) is 5.32. The number of benzene rings is 1. The first kappa shape index (κ1) is 18.2. The van der Waals surface area contributed by atoms with Gasteiger partial charge in [0.05, 0.1) is 6.54 Å². The second kappa shape index (κ2) is 6.91. The molecule has 0 saturated heterocycles. The van der Waals surface area contributed by atoms with E-state index in [1.54, 1.807) is 6.08 Å². The first-order chi connectivity index (χ1) is 14.0. The molecule has 0 radical (unpaired) electrons. The Balaban J connectivity index is 1.40. The summed E-state index contributed by atoms with van der Waals surface area (Å²) in [6.07, 6.45) is 6.44. The number of hydrogen-bond acceptors (Lipinski definition) is 5. The Morgan fingerprint density at radius 1 is 1.17 bits per heavy atom. The molecule has 2 aromatic rings. The summed E-state index contributed by atoms with van der Waals surface area (Å²) >= 11 is 6.07. The number of rotatable bonds is 4. The van der Waals surface area contributed by atoms with Gasteiger partial charge in [0.2, 0.25) is 0 Å². The molecule has 0 spiro atoms. The number of allylic oxidation sites excluding steroid dienone is 1. The highest BCUT2D eigenvalue weighted by atomic mass is 35.5. The normalized spacial score (nSPS) is 17.6. The van der Waals surface area contributed by atoms with Gasteiger partial charge in [-0.1, -0.05) is 23.3 Å². The van der Waals surface area contributed by atoms with Gasteiger partial charge >= 0.3 is 6.01 Å². The number of anilines is 1. The summed E-state index contributed by atoms with van der Waals surface area (Å²) in [6, 6.07) is 2.36. The minimum absolute atomic E-state index is 0.111. The maximum atomic E-state index is 14.8. The lowest BCUT2D eigenvalue weighted by molar-refractivity contribution is 0.406. The summed E-state index contributed by atoms with van der Waals surface area (Å²) in [4.78, 5) is 12.6. The lowest BCUT2D eigenvalue weighted by Gasteiger charge is -2.11. The summed E-state index contributed by atoms with van der Waals surface area (Å²) in [5.74, 6) is 0.236. The Morgan fingerprint density at radius 2 is 2.00 bits per heavy atom. The van der Waals surface area contributed by atoms with Crippen LogP contribution in [0.1, 0.15) is 30.9 Å². The van der Waals surface area contributed by atoms with Gasteiger partial charge in [0.25, 0.3) is 0 Å². The van der Waals surface area contributed by atoms with Gasteiger partial charge in [-0.2, -0.15) is 9.97 Å². The zero-order valence-electron chi connectivity index (χ0n) is 15.6. The van der Waals surface area contributed by atoms with Crippen LogP contribution in [0.3, 0.4) is 0 Å². The molecule has 5 rings (SSSR count). The largest absolute Gasteiger partial charge is 0.421 e. The fourth-order valence-electron chi connectivity index (χ4n) is 3.60. The molecular formula is C21H17ClF2N4O. The van der Waals surface area contributed by atoms with Crippen molar-refractivity contribution in [2.75, 3.05) is 11.9 Å². The number of halogens is 3. The molecule has 29 heavy (non-hydrogen) atoms. The minimum atomic E-state index is -0.645. The van der Waals surface area contributed by atoms with E-state index in [1.807, 2.05) is 13.0 Å². The van der Waals surface area contributed by atoms with Gasteiger partial charge in [0, 0.05) is 23.3 Å². The van der Waals surface area contributed by atoms with Crippen molar-refractivity contribution in [2.24, 2.45) is 10.9 Å². The van der Waals surface area contributed by atoms with Crippen molar-refractivity contribution in [1.82, 2.24) is 9.97 Å². The first-order valence-corrected chi connectivity index (χ1v) is 9.76. The molecule has 5 nitrogen and oxygen atoms in total. The average Bonchev–Trinajstić information content (AvgIpc) is 3.28. The molecule has 1 aliphatic heterocycles. The van der Waals surface area contributed by atoms with Crippen LogP contribution >= 0.6 is 11.6 Å². The summed E-state index contributed by atoms with van der Waals surface area (Å²) in [6.45, 7) is 2.51. The topological polar surface area (TPSA) is 59.4 Å². The van der Waals surface area contributed by atoms with E-state index in [9.17, 15) is 8.78 Å². The van der Waals surface area contributed by atoms with Gasteiger partial charge in [-0.3, -0.25) is 4.99 Å². The number of amidine groups is 1. The van der Waals surface area contributed by atoms with E-state index in [0.717, 1.165) is 11.6 Å². The molecule has 8 heteroatoms. The molecule has 2 aliphatic carbocycles. The van der Waals surface area contributed by atoms with Crippen LogP contribution in [0.5, 0.6) is 11.8 Å². The number of nitrogens with zero attached hydrogens (tertiary/aromatic N) is 3. The van der Waals surface area contributed by atoms with Crippen molar-refractivity contribution in [3.8, 4) is 11.8 Å². The Hall–Kier alpha value is -2.80. The average molecular weight is 415 g/mol. The number of aromatic nitrogens is 2. The fraction of sp³-hybridized carbons (Fsp3) is 0.286. The third-order valence-electron chi connectivity index (χ3n) is 5.16. The molecule has 0 atom stereocenters. The fourth-order valence-corrected chi connectivity index (χ4v) is 3.77. The van der Waals surface area contributed by atoms with Crippen molar-refractivity contribution < 1.29 is 13.5 Å². The number of nitrogens with one attached hydrogen (secondary N) is 1. The van der Waals surface area contributed by atoms with Crippen LogP contribution in [0.25, 0.3) is 6.08 Å². The van der Waals surface area contributed by atoms with E-state index in [1.165, 1.54) is 24.5 Å². The Morgan fingerprint density at radius 3 is 2.79 bits per heavy atom. The third kappa shape index (κ3) is 3.62. The van der Waals surface area contributed by atoms with Crippen LogP contribution in [0, 0.1) is 17.6 Å². The van der Waals surface area contributed by atoms with Crippen molar-refractivity contribution in [2.45, 2.75) is 26.2 Å². The van der Waals surface area contributed by atoms with Gasteiger partial charge in [-0.15, -0.1) is 0 Å². The molecule has 1 aromatic heterocycles. The van der Waals surface area contributed by atoms with E-state index in [0.29, 0.717) is 36.1 Å². The smallest absolute Gasteiger partial charge is 0.325 e. The van der Waals surface area contributed by atoms with Crippen LogP contribution in [-0.2, 0) is 6.42 Å². The minimum Gasteiger partial charge on any atom is -0.421 e. The highest BCUT2D eigenvalue weighted by Crippen LogP contribution is 2.38. The van der Waals surface area contributed by atoms with E-state index in [-0.39, 0.29) is 22.5 Å². The van der Waals surface area contributed by atoms with Crippen molar-refractivity contribution in [3.05, 3.63) is 57.3 Å². The molecular weight excluding hydrogens is 398 g/mol. The quantitative estimate of drug-likeness (QED) is 0.688. The van der Waals surface area contributed by atoms with Crippen LogP contribution < -0.4 is 10.1 Å².